The molecule has 0 saturated carbocycles. The molecule has 2 heterocycles. The molecule has 5 nitrogen and oxygen atoms in total. The predicted octanol–water partition coefficient (Wildman–Crippen LogP) is 2.20. The van der Waals surface area contributed by atoms with Gasteiger partial charge < -0.3 is 4.90 Å². The van der Waals surface area contributed by atoms with E-state index in [9.17, 15) is 4.79 Å². The second-order valence-corrected chi connectivity index (χ2v) is 6.43. The molecule has 2 atom stereocenters. The van der Waals surface area contributed by atoms with Gasteiger partial charge in [-0.1, -0.05) is 24.3 Å². The summed E-state index contributed by atoms with van der Waals surface area (Å²) in [6, 6.07) is 12.5. The average Bonchev–Trinajstić information content (AvgIpc) is 2.89. The first-order valence-electron chi connectivity index (χ1n) is 8.18. The monoisotopic (exact) mass is 312 g/mol. The molecule has 0 spiro atoms. The number of rotatable bonds is 4. The molecule has 1 aromatic carbocycles. The van der Waals surface area contributed by atoms with Crippen LogP contribution in [0.1, 0.15) is 30.8 Å². The highest BCUT2D eigenvalue weighted by atomic mass is 16.2. The summed E-state index contributed by atoms with van der Waals surface area (Å²) < 4.78 is 0. The molecule has 0 radical (unpaired) electrons. The molecule has 3 rings (SSSR count). The van der Waals surface area contributed by atoms with E-state index < -0.39 is 0 Å². The van der Waals surface area contributed by atoms with Crippen LogP contribution in [0.15, 0.2) is 36.4 Å². The Hall–Kier alpha value is -1.98. The van der Waals surface area contributed by atoms with Crippen LogP contribution in [0.25, 0.3) is 10.9 Å². The number of aromatic nitrogens is 1. The smallest absolute Gasteiger partial charge is 0.272 e. The molecule has 1 amide bonds. The molecule has 5 heteroatoms. The third-order valence-electron chi connectivity index (χ3n) is 4.79. The van der Waals surface area contributed by atoms with Crippen molar-refractivity contribution in [2.45, 2.75) is 32.4 Å². The normalized spacial score (nSPS) is 24.0. The zero-order valence-corrected chi connectivity index (χ0v) is 13.9. The number of nitrogens with zero attached hydrogens (tertiary/aromatic N) is 2. The SMILES string of the molecule is CC1NNC(C)C1CCN(C)C(=O)c1ccc2ccccc2n1. The van der Waals surface area contributed by atoms with Gasteiger partial charge in [0, 0.05) is 31.1 Å². The number of amides is 1. The van der Waals surface area contributed by atoms with E-state index in [0.29, 0.717) is 23.7 Å². The molecule has 1 aliphatic rings. The number of hydrogen-bond donors (Lipinski definition) is 2. The number of hydrazine groups is 1. The molecule has 2 unspecified atom stereocenters. The third-order valence-corrected chi connectivity index (χ3v) is 4.79. The lowest BCUT2D eigenvalue weighted by Gasteiger charge is -2.22. The van der Waals surface area contributed by atoms with E-state index >= 15 is 0 Å². The Morgan fingerprint density at radius 2 is 1.83 bits per heavy atom. The molecule has 0 aliphatic carbocycles. The fraction of sp³-hybridized carbons (Fsp3) is 0.444. The zero-order valence-electron chi connectivity index (χ0n) is 13.9. The topological polar surface area (TPSA) is 57.3 Å². The van der Waals surface area contributed by atoms with Gasteiger partial charge in [-0.25, -0.2) is 4.98 Å². The Kier molecular flexibility index (Phi) is 4.59. The van der Waals surface area contributed by atoms with Gasteiger partial charge in [0.15, 0.2) is 0 Å². The van der Waals surface area contributed by atoms with Gasteiger partial charge in [0.2, 0.25) is 0 Å². The average molecular weight is 312 g/mol. The number of carbonyl (C=O) groups is 1. The minimum Gasteiger partial charge on any atom is -0.340 e. The first kappa shape index (κ1) is 15.9. The third kappa shape index (κ3) is 3.35. The summed E-state index contributed by atoms with van der Waals surface area (Å²) in [6.45, 7) is 5.08. The van der Waals surface area contributed by atoms with Gasteiger partial charge in [-0.2, -0.15) is 0 Å². The van der Waals surface area contributed by atoms with Gasteiger partial charge in [-0.3, -0.25) is 15.6 Å². The summed E-state index contributed by atoms with van der Waals surface area (Å²) in [4.78, 5) is 18.9. The Bertz CT molecular complexity index is 692. The summed E-state index contributed by atoms with van der Waals surface area (Å²) in [5.74, 6) is 0.504. The molecule has 0 bridgehead atoms. The van der Waals surface area contributed by atoms with Gasteiger partial charge in [0.1, 0.15) is 5.69 Å². The molecule has 23 heavy (non-hydrogen) atoms. The van der Waals surface area contributed by atoms with E-state index in [2.05, 4.69) is 29.7 Å². The fourth-order valence-corrected chi connectivity index (χ4v) is 3.23. The van der Waals surface area contributed by atoms with E-state index in [1.165, 1.54) is 0 Å². The number of carbonyl (C=O) groups excluding carboxylic acids is 1. The summed E-state index contributed by atoms with van der Waals surface area (Å²) in [6.07, 6.45) is 0.970. The van der Waals surface area contributed by atoms with Crippen LogP contribution >= 0.6 is 0 Å². The summed E-state index contributed by atoms with van der Waals surface area (Å²) in [5, 5.41) is 1.05. The summed E-state index contributed by atoms with van der Waals surface area (Å²) in [7, 11) is 1.85. The van der Waals surface area contributed by atoms with Crippen molar-refractivity contribution in [2.24, 2.45) is 5.92 Å². The first-order chi connectivity index (χ1) is 11.1. The largest absolute Gasteiger partial charge is 0.340 e. The standard InChI is InChI=1S/C18H24N4O/c1-12-15(13(2)21-20-12)10-11-22(3)18(23)17-9-8-14-6-4-5-7-16(14)19-17/h4-9,12-13,15,20-21H,10-11H2,1-3H3. The minimum atomic E-state index is -0.0185. The minimum absolute atomic E-state index is 0.0185. The molecule has 1 aliphatic heterocycles. The van der Waals surface area contributed by atoms with Crippen molar-refractivity contribution in [3.05, 3.63) is 42.1 Å². The molecular weight excluding hydrogens is 288 g/mol. The number of nitrogens with one attached hydrogen (secondary N) is 2. The van der Waals surface area contributed by atoms with Crippen molar-refractivity contribution >= 4 is 16.8 Å². The Labute approximate surface area is 137 Å². The van der Waals surface area contributed by atoms with Crippen LogP contribution in [-0.2, 0) is 0 Å². The Morgan fingerprint density at radius 1 is 1.13 bits per heavy atom. The Balaban J connectivity index is 1.66. The number of fused-ring (bicyclic) bond motifs is 1. The van der Waals surface area contributed by atoms with Gasteiger partial charge in [0.05, 0.1) is 5.52 Å². The van der Waals surface area contributed by atoms with E-state index in [-0.39, 0.29) is 5.91 Å². The highest BCUT2D eigenvalue weighted by Gasteiger charge is 2.29. The number of para-hydroxylation sites is 1. The van der Waals surface area contributed by atoms with E-state index in [1.807, 2.05) is 43.4 Å². The van der Waals surface area contributed by atoms with Crippen LogP contribution < -0.4 is 10.9 Å². The lowest BCUT2D eigenvalue weighted by atomic mass is 9.93. The van der Waals surface area contributed by atoms with Crippen LogP contribution in [0.3, 0.4) is 0 Å². The molecule has 1 saturated heterocycles. The lowest BCUT2D eigenvalue weighted by molar-refractivity contribution is 0.0779. The summed E-state index contributed by atoms with van der Waals surface area (Å²) in [5.41, 5.74) is 7.89. The van der Waals surface area contributed by atoms with Crippen LogP contribution in [0.5, 0.6) is 0 Å². The van der Waals surface area contributed by atoms with Gasteiger partial charge in [-0.05, 0) is 38.3 Å². The maximum absolute atomic E-state index is 12.6. The van der Waals surface area contributed by atoms with Crippen LogP contribution in [0.4, 0.5) is 0 Å². The van der Waals surface area contributed by atoms with Crippen molar-refractivity contribution in [1.29, 1.82) is 0 Å². The van der Waals surface area contributed by atoms with Crippen molar-refractivity contribution < 1.29 is 4.79 Å². The highest BCUT2D eigenvalue weighted by Crippen LogP contribution is 2.19. The fourth-order valence-electron chi connectivity index (χ4n) is 3.23. The molecule has 1 aromatic heterocycles. The predicted molar refractivity (Wildman–Crippen MR) is 92.0 cm³/mol. The van der Waals surface area contributed by atoms with Crippen LogP contribution in [-0.4, -0.2) is 41.5 Å². The maximum atomic E-state index is 12.6. The number of benzene rings is 1. The number of pyridine rings is 1. The second-order valence-electron chi connectivity index (χ2n) is 6.43. The lowest BCUT2D eigenvalue weighted by Crippen LogP contribution is -2.33. The van der Waals surface area contributed by atoms with E-state index in [4.69, 9.17) is 0 Å². The van der Waals surface area contributed by atoms with Crippen molar-refractivity contribution in [2.75, 3.05) is 13.6 Å². The maximum Gasteiger partial charge on any atom is 0.272 e. The molecule has 122 valence electrons. The van der Waals surface area contributed by atoms with Crippen molar-refractivity contribution in [3.63, 3.8) is 0 Å². The first-order valence-corrected chi connectivity index (χ1v) is 8.18. The van der Waals surface area contributed by atoms with Gasteiger partial charge in [-0.15, -0.1) is 0 Å². The van der Waals surface area contributed by atoms with E-state index in [0.717, 1.165) is 23.9 Å². The molecule has 2 N–H and O–H groups in total. The Morgan fingerprint density at radius 3 is 2.57 bits per heavy atom. The highest BCUT2D eigenvalue weighted by molar-refractivity contribution is 5.94. The van der Waals surface area contributed by atoms with Crippen molar-refractivity contribution in [3.8, 4) is 0 Å². The van der Waals surface area contributed by atoms with Gasteiger partial charge in [0.25, 0.3) is 5.91 Å². The quantitative estimate of drug-likeness (QED) is 0.909. The molecule has 2 aromatic rings. The number of hydrogen-bond acceptors (Lipinski definition) is 4. The van der Waals surface area contributed by atoms with Crippen LogP contribution in [0.2, 0.25) is 0 Å². The zero-order chi connectivity index (χ0) is 16.4. The van der Waals surface area contributed by atoms with E-state index in [1.54, 1.807) is 4.90 Å². The van der Waals surface area contributed by atoms with Crippen LogP contribution in [0, 0.1) is 5.92 Å². The second kappa shape index (κ2) is 6.64. The van der Waals surface area contributed by atoms with Gasteiger partial charge >= 0.3 is 0 Å². The molecule has 1 fully saturated rings. The molecular formula is C18H24N4O. The summed E-state index contributed by atoms with van der Waals surface area (Å²) >= 11 is 0. The van der Waals surface area contributed by atoms with Crippen molar-refractivity contribution in [1.82, 2.24) is 20.7 Å².